The minimum absolute atomic E-state index is 0.591. The van der Waals surface area contributed by atoms with Crippen LogP contribution in [0.5, 0.6) is 0 Å². The number of hydrogen-bond acceptors (Lipinski definition) is 4. The molecule has 0 amide bonds. The topological polar surface area (TPSA) is 50.9 Å². The summed E-state index contributed by atoms with van der Waals surface area (Å²) in [4.78, 5) is 5.26. The van der Waals surface area contributed by atoms with E-state index in [1.54, 1.807) is 0 Å². The molecule has 0 saturated carbocycles. The van der Waals surface area contributed by atoms with Crippen molar-refractivity contribution in [3.8, 4) is 0 Å². The molecule has 1 unspecified atom stereocenters. The number of hydrogen-bond donors (Lipinski definition) is 2. The molecule has 1 saturated heterocycles. The SMILES string of the molecule is Nc1ccc(SCC2CCCN2)cn1. The van der Waals surface area contributed by atoms with Gasteiger partial charge in [-0.15, -0.1) is 11.8 Å². The third-order valence-electron chi connectivity index (χ3n) is 2.37. The Labute approximate surface area is 88.5 Å². The highest BCUT2D eigenvalue weighted by Crippen LogP contribution is 2.20. The highest BCUT2D eigenvalue weighted by Gasteiger charge is 2.13. The van der Waals surface area contributed by atoms with E-state index in [1.165, 1.54) is 24.3 Å². The number of thioether (sulfide) groups is 1. The van der Waals surface area contributed by atoms with Crippen molar-refractivity contribution in [2.24, 2.45) is 0 Å². The second-order valence-corrected chi connectivity index (χ2v) is 4.62. The normalized spacial score (nSPS) is 21.3. The summed E-state index contributed by atoms with van der Waals surface area (Å²) in [6, 6.07) is 4.56. The molecule has 1 aromatic heterocycles. The van der Waals surface area contributed by atoms with E-state index in [-0.39, 0.29) is 0 Å². The molecule has 2 rings (SSSR count). The third-order valence-corrected chi connectivity index (χ3v) is 3.52. The van der Waals surface area contributed by atoms with Gasteiger partial charge in [-0.05, 0) is 31.5 Å². The first-order valence-corrected chi connectivity index (χ1v) is 5.91. The first kappa shape index (κ1) is 9.80. The Morgan fingerprint density at radius 1 is 1.57 bits per heavy atom. The molecule has 76 valence electrons. The van der Waals surface area contributed by atoms with Gasteiger partial charge >= 0.3 is 0 Å². The Morgan fingerprint density at radius 2 is 2.50 bits per heavy atom. The minimum atomic E-state index is 0.591. The van der Waals surface area contributed by atoms with Crippen LogP contribution in [-0.2, 0) is 0 Å². The van der Waals surface area contributed by atoms with Crippen LogP contribution in [0.15, 0.2) is 23.2 Å². The lowest BCUT2D eigenvalue weighted by atomic mass is 10.3. The van der Waals surface area contributed by atoms with Crippen LogP contribution in [0.4, 0.5) is 5.82 Å². The van der Waals surface area contributed by atoms with Crippen molar-refractivity contribution >= 4 is 17.6 Å². The van der Waals surface area contributed by atoms with E-state index < -0.39 is 0 Å². The summed E-state index contributed by atoms with van der Waals surface area (Å²) in [5.74, 6) is 1.72. The van der Waals surface area contributed by atoms with Crippen molar-refractivity contribution in [3.05, 3.63) is 18.3 Å². The highest BCUT2D eigenvalue weighted by molar-refractivity contribution is 7.99. The van der Waals surface area contributed by atoms with Gasteiger partial charge in [-0.25, -0.2) is 4.98 Å². The van der Waals surface area contributed by atoms with Gasteiger partial charge in [0.15, 0.2) is 0 Å². The van der Waals surface area contributed by atoms with Crippen LogP contribution in [0.3, 0.4) is 0 Å². The molecule has 1 fully saturated rings. The summed E-state index contributed by atoms with van der Waals surface area (Å²) in [6.07, 6.45) is 4.45. The van der Waals surface area contributed by atoms with E-state index >= 15 is 0 Å². The fraction of sp³-hybridized carbons (Fsp3) is 0.500. The van der Waals surface area contributed by atoms with Gasteiger partial charge < -0.3 is 11.1 Å². The second-order valence-electron chi connectivity index (χ2n) is 3.52. The predicted octanol–water partition coefficient (Wildman–Crippen LogP) is 1.51. The van der Waals surface area contributed by atoms with Crippen LogP contribution in [0.1, 0.15) is 12.8 Å². The first-order chi connectivity index (χ1) is 6.84. The Balaban J connectivity index is 1.82. The van der Waals surface area contributed by atoms with E-state index in [4.69, 9.17) is 5.73 Å². The highest BCUT2D eigenvalue weighted by atomic mass is 32.2. The molecule has 1 aliphatic rings. The van der Waals surface area contributed by atoms with Crippen molar-refractivity contribution in [2.75, 3.05) is 18.0 Å². The lowest BCUT2D eigenvalue weighted by molar-refractivity contribution is 0.674. The Hall–Kier alpha value is -0.740. The zero-order valence-electron chi connectivity index (χ0n) is 8.07. The zero-order chi connectivity index (χ0) is 9.80. The molecular formula is C10H15N3S. The molecule has 1 atom stereocenters. The van der Waals surface area contributed by atoms with Gasteiger partial charge in [0, 0.05) is 22.9 Å². The lowest BCUT2D eigenvalue weighted by Crippen LogP contribution is -2.23. The predicted molar refractivity (Wildman–Crippen MR) is 60.4 cm³/mol. The lowest BCUT2D eigenvalue weighted by Gasteiger charge is -2.08. The van der Waals surface area contributed by atoms with Crippen molar-refractivity contribution in [3.63, 3.8) is 0 Å². The number of rotatable bonds is 3. The van der Waals surface area contributed by atoms with Gasteiger partial charge in [-0.2, -0.15) is 0 Å². The van der Waals surface area contributed by atoms with Crippen LogP contribution in [0, 0.1) is 0 Å². The van der Waals surface area contributed by atoms with Gasteiger partial charge in [0.2, 0.25) is 0 Å². The molecule has 0 aliphatic carbocycles. The smallest absolute Gasteiger partial charge is 0.123 e. The Kier molecular flexibility index (Phi) is 3.26. The Morgan fingerprint density at radius 3 is 3.14 bits per heavy atom. The van der Waals surface area contributed by atoms with Gasteiger partial charge in [0.1, 0.15) is 5.82 Å². The summed E-state index contributed by atoms with van der Waals surface area (Å²) < 4.78 is 0. The molecule has 2 heterocycles. The van der Waals surface area contributed by atoms with Gasteiger partial charge in [-0.1, -0.05) is 0 Å². The van der Waals surface area contributed by atoms with E-state index in [1.807, 2.05) is 30.1 Å². The molecule has 0 bridgehead atoms. The van der Waals surface area contributed by atoms with E-state index in [0.717, 1.165) is 5.75 Å². The average Bonchev–Trinajstić information content (AvgIpc) is 2.70. The van der Waals surface area contributed by atoms with E-state index in [0.29, 0.717) is 11.9 Å². The van der Waals surface area contributed by atoms with Crippen LogP contribution in [0.25, 0.3) is 0 Å². The molecule has 3 nitrogen and oxygen atoms in total. The second kappa shape index (κ2) is 4.66. The van der Waals surface area contributed by atoms with Crippen molar-refractivity contribution < 1.29 is 0 Å². The summed E-state index contributed by atoms with van der Waals surface area (Å²) in [5.41, 5.74) is 5.51. The largest absolute Gasteiger partial charge is 0.384 e. The summed E-state index contributed by atoms with van der Waals surface area (Å²) in [7, 11) is 0. The van der Waals surface area contributed by atoms with Gasteiger partial charge in [0.25, 0.3) is 0 Å². The fourth-order valence-corrected chi connectivity index (χ4v) is 2.54. The van der Waals surface area contributed by atoms with Crippen molar-refractivity contribution in [1.29, 1.82) is 0 Å². The molecule has 14 heavy (non-hydrogen) atoms. The molecule has 1 aromatic rings. The number of pyridine rings is 1. The number of anilines is 1. The number of nitrogens with one attached hydrogen (secondary N) is 1. The molecule has 3 N–H and O–H groups in total. The maximum Gasteiger partial charge on any atom is 0.123 e. The molecule has 4 heteroatoms. The first-order valence-electron chi connectivity index (χ1n) is 4.92. The maximum absolute atomic E-state index is 5.51. The molecular weight excluding hydrogens is 194 g/mol. The number of aromatic nitrogens is 1. The zero-order valence-corrected chi connectivity index (χ0v) is 8.89. The maximum atomic E-state index is 5.51. The fourth-order valence-electron chi connectivity index (χ4n) is 1.57. The molecule has 0 aromatic carbocycles. The standard InChI is InChI=1S/C10H15N3S/c11-10-4-3-9(6-13-10)14-7-8-2-1-5-12-8/h3-4,6,8,12H,1-2,5,7H2,(H2,11,13). The van der Waals surface area contributed by atoms with Crippen molar-refractivity contribution in [1.82, 2.24) is 10.3 Å². The van der Waals surface area contributed by atoms with Crippen LogP contribution < -0.4 is 11.1 Å². The van der Waals surface area contributed by atoms with Crippen molar-refractivity contribution in [2.45, 2.75) is 23.8 Å². The summed E-state index contributed by atoms with van der Waals surface area (Å²) in [5, 5.41) is 3.47. The van der Waals surface area contributed by atoms with Gasteiger partial charge in [-0.3, -0.25) is 0 Å². The number of nitrogens with zero attached hydrogens (tertiary/aromatic N) is 1. The molecule has 0 spiro atoms. The van der Waals surface area contributed by atoms with Gasteiger partial charge in [0.05, 0.1) is 0 Å². The molecule has 1 aliphatic heterocycles. The molecule has 0 radical (unpaired) electrons. The average molecular weight is 209 g/mol. The third kappa shape index (κ3) is 2.62. The minimum Gasteiger partial charge on any atom is -0.384 e. The van der Waals surface area contributed by atoms with E-state index in [9.17, 15) is 0 Å². The Bertz CT molecular complexity index is 280. The quantitative estimate of drug-likeness (QED) is 0.741. The summed E-state index contributed by atoms with van der Waals surface area (Å²) >= 11 is 1.85. The van der Waals surface area contributed by atoms with Crippen LogP contribution in [-0.4, -0.2) is 23.3 Å². The van der Waals surface area contributed by atoms with Crippen LogP contribution >= 0.6 is 11.8 Å². The number of nitrogen functional groups attached to an aromatic ring is 1. The van der Waals surface area contributed by atoms with Crippen LogP contribution in [0.2, 0.25) is 0 Å². The summed E-state index contributed by atoms with van der Waals surface area (Å²) in [6.45, 7) is 1.17. The van der Waals surface area contributed by atoms with E-state index in [2.05, 4.69) is 10.3 Å². The number of nitrogens with two attached hydrogens (primary N) is 1. The monoisotopic (exact) mass is 209 g/mol.